The maximum Gasteiger partial charge on any atom is 0.328 e. The van der Waals surface area contributed by atoms with E-state index in [1.54, 1.807) is 77.0 Å². The highest BCUT2D eigenvalue weighted by Gasteiger charge is 2.54. The number of carboxylic acid groups (broad SMARTS) is 6. The van der Waals surface area contributed by atoms with Gasteiger partial charge in [-0.15, -0.1) is 0 Å². The molecule has 20 N–H and O–H groups in total. The number of hydrogen-bond acceptors (Lipinski definition) is 12. The first-order valence-electron chi connectivity index (χ1n) is 27.1. The average molecular weight is 1150 g/mol. The molecule has 0 aromatic heterocycles. The predicted octanol–water partition coefficient (Wildman–Crippen LogP) is -0.461. The number of hydrogen-bond donors (Lipinski definition) is 12. The van der Waals surface area contributed by atoms with Gasteiger partial charge in [0, 0.05) is 114 Å². The molecule has 16 rings (SSSR count). The lowest BCUT2D eigenvalue weighted by Crippen LogP contribution is -2.77. The van der Waals surface area contributed by atoms with Crippen molar-refractivity contribution in [1.29, 1.82) is 0 Å². The first kappa shape index (κ1) is 66.6. The van der Waals surface area contributed by atoms with Crippen LogP contribution in [0.25, 0.3) is 0 Å². The van der Waals surface area contributed by atoms with Gasteiger partial charge in [0.2, 0.25) is 0 Å². The fourth-order valence-electron chi connectivity index (χ4n) is 17.6. The highest BCUT2D eigenvalue weighted by atomic mass is 31.2. The first-order chi connectivity index (χ1) is 35.8. The van der Waals surface area contributed by atoms with Crippen molar-refractivity contribution in [3.63, 3.8) is 0 Å². The highest BCUT2D eigenvalue weighted by molar-refractivity contribution is 7.42. The molecular formula is C52H86N4O20P2. The largest absolute Gasteiger partial charge is 0.790 e. The quantitative estimate of drug-likeness (QED) is 0.118. The van der Waals surface area contributed by atoms with Crippen molar-refractivity contribution in [1.82, 2.24) is 0 Å². The SMILES string of the molecule is O=C(O)/C=C/C(=O)O.O=C(O)/C=C/C(=O)O.O=C(O)/C=C/C(=O)O.O=P([O-])([O-])O.O=P([O-])([O-])O.[NH3+]C12CC3CC(CC(C3)C1)C2.[NH3+]C12CC3CC(CC(C3)C1)C2.[NH3+]C12CC3CC(CC(C3)C1)C2.[NH3+]C12CC3CC(CC(C3)C1)C2. The van der Waals surface area contributed by atoms with E-state index >= 15 is 0 Å². The van der Waals surface area contributed by atoms with Crippen molar-refractivity contribution < 1.29 is 121 Å². The Labute approximate surface area is 454 Å². The Morgan fingerprint density at radius 3 is 0.423 bits per heavy atom. The molecule has 26 heteroatoms. The van der Waals surface area contributed by atoms with E-state index in [0.717, 1.165) is 71.0 Å². The molecule has 0 saturated heterocycles. The van der Waals surface area contributed by atoms with Gasteiger partial charge in [0.25, 0.3) is 0 Å². The zero-order valence-corrected chi connectivity index (χ0v) is 46.4. The van der Waals surface area contributed by atoms with Gasteiger partial charge in [-0.1, -0.05) is 0 Å². The second kappa shape index (κ2) is 28.2. The maximum atomic E-state index is 9.55. The third-order valence-corrected chi connectivity index (χ3v) is 17.8. The summed E-state index contributed by atoms with van der Waals surface area (Å²) in [5.41, 5.74) is 19.9. The average Bonchev–Trinajstić information content (AvgIpc) is 3.21. The van der Waals surface area contributed by atoms with Crippen LogP contribution in [0.5, 0.6) is 0 Å². The van der Waals surface area contributed by atoms with Gasteiger partial charge >= 0.3 is 35.8 Å². The monoisotopic (exact) mass is 1150 g/mol. The van der Waals surface area contributed by atoms with Gasteiger partial charge in [0.15, 0.2) is 0 Å². The third-order valence-electron chi connectivity index (χ3n) is 17.8. The van der Waals surface area contributed by atoms with E-state index in [2.05, 4.69) is 22.9 Å². The molecule has 16 saturated carbocycles. The van der Waals surface area contributed by atoms with Crippen molar-refractivity contribution in [2.45, 2.75) is 176 Å². The van der Waals surface area contributed by atoms with Gasteiger partial charge in [0.05, 0.1) is 37.8 Å². The molecule has 0 spiro atoms. The van der Waals surface area contributed by atoms with Crippen LogP contribution in [0.1, 0.15) is 154 Å². The fraction of sp³-hybridized carbons (Fsp3) is 0.769. The molecule has 16 bridgehead atoms. The Hall–Kier alpha value is -3.90. The molecule has 0 atom stereocenters. The van der Waals surface area contributed by atoms with Crippen LogP contribution in [0.15, 0.2) is 36.5 Å². The van der Waals surface area contributed by atoms with E-state index in [1.807, 2.05) is 0 Å². The fourth-order valence-corrected chi connectivity index (χ4v) is 17.6. The number of carbonyl (C=O) groups is 6. The molecule has 0 heterocycles. The van der Waals surface area contributed by atoms with Crippen molar-refractivity contribution >= 4 is 51.5 Å². The molecule has 0 aromatic rings. The summed E-state index contributed by atoms with van der Waals surface area (Å²) in [6.07, 6.45) is 39.4. The van der Waals surface area contributed by atoms with Crippen LogP contribution in [-0.2, 0) is 37.9 Å². The van der Waals surface area contributed by atoms with Crippen LogP contribution in [-0.4, -0.2) is 98.4 Å². The summed E-state index contributed by atoms with van der Waals surface area (Å²) < 4.78 is 17.3. The van der Waals surface area contributed by atoms with Crippen molar-refractivity contribution in [3.8, 4) is 0 Å². The van der Waals surface area contributed by atoms with Gasteiger partial charge in [0.1, 0.15) is 0 Å². The Balaban J connectivity index is 0.000000192. The highest BCUT2D eigenvalue weighted by Crippen LogP contribution is 2.56. The Morgan fingerprint density at radius 2 is 0.372 bits per heavy atom. The summed E-state index contributed by atoms with van der Waals surface area (Å²) in [6.45, 7) is 0. The van der Waals surface area contributed by atoms with Crippen LogP contribution in [0.3, 0.4) is 0 Å². The number of quaternary nitrogens is 4. The van der Waals surface area contributed by atoms with E-state index in [-0.39, 0.29) is 0 Å². The molecule has 444 valence electrons. The molecule has 16 aliphatic rings. The van der Waals surface area contributed by atoms with Crippen molar-refractivity contribution in [3.05, 3.63) is 36.5 Å². The first-order valence-corrected chi connectivity index (χ1v) is 30.1. The Morgan fingerprint density at radius 1 is 0.295 bits per heavy atom. The minimum atomic E-state index is -5.14. The number of aliphatic carboxylic acids is 6. The molecule has 78 heavy (non-hydrogen) atoms. The Kier molecular flexibility index (Phi) is 24.1. The molecular weight excluding hydrogens is 1060 g/mol. The van der Waals surface area contributed by atoms with Crippen molar-refractivity contribution in [2.75, 3.05) is 0 Å². The smallest absolute Gasteiger partial charge is 0.328 e. The topological polar surface area (TPSA) is 501 Å². The van der Waals surface area contributed by atoms with E-state index in [1.165, 1.54) is 77.0 Å². The molecule has 0 aliphatic heterocycles. The second-order valence-electron chi connectivity index (χ2n) is 25.6. The summed E-state index contributed by atoms with van der Waals surface area (Å²) in [5, 5.41) is 46.9. The third kappa shape index (κ3) is 25.7. The van der Waals surface area contributed by atoms with Crippen LogP contribution >= 0.6 is 15.6 Å². The summed E-state index contributed by atoms with van der Waals surface area (Å²) in [4.78, 5) is 106. The van der Waals surface area contributed by atoms with Crippen LogP contribution in [0.2, 0.25) is 0 Å². The maximum absolute atomic E-state index is 9.55. The number of phosphoric acid groups is 2. The zero-order valence-electron chi connectivity index (χ0n) is 44.6. The normalized spacial score (nSPS) is 38.4. The molecule has 16 aliphatic carbocycles. The second-order valence-corrected chi connectivity index (χ2v) is 27.5. The minimum absolute atomic E-state index is 0.550. The van der Waals surface area contributed by atoms with Gasteiger partial charge in [-0.25, -0.2) is 28.8 Å². The summed E-state index contributed by atoms with van der Waals surface area (Å²) in [7, 11) is -10.3. The zero-order chi connectivity index (χ0) is 58.6. The van der Waals surface area contributed by atoms with E-state index in [0.29, 0.717) is 58.6 Å². The molecule has 24 nitrogen and oxygen atoms in total. The lowest BCUT2D eigenvalue weighted by Gasteiger charge is -2.52. The van der Waals surface area contributed by atoms with Crippen LogP contribution < -0.4 is 42.5 Å². The lowest BCUT2D eigenvalue weighted by molar-refractivity contribution is -0.505. The number of rotatable bonds is 6. The molecule has 0 aromatic carbocycles. The van der Waals surface area contributed by atoms with E-state index in [4.69, 9.17) is 69.1 Å². The summed E-state index contributed by atoms with van der Waals surface area (Å²) in [6, 6.07) is 0. The van der Waals surface area contributed by atoms with E-state index in [9.17, 15) is 28.8 Å². The van der Waals surface area contributed by atoms with Crippen LogP contribution in [0, 0.1) is 71.0 Å². The summed E-state index contributed by atoms with van der Waals surface area (Å²) in [5.74, 6) is 5.44. The predicted molar refractivity (Wildman–Crippen MR) is 268 cm³/mol. The summed E-state index contributed by atoms with van der Waals surface area (Å²) >= 11 is 0. The Bertz CT molecular complexity index is 1800. The van der Waals surface area contributed by atoms with Gasteiger partial charge in [-0.05, 0) is 148 Å². The molecule has 16 fully saturated rings. The van der Waals surface area contributed by atoms with Crippen molar-refractivity contribution in [2.24, 2.45) is 71.0 Å². The van der Waals surface area contributed by atoms with Gasteiger partial charge < -0.3 is 92.1 Å². The molecule has 0 unspecified atom stereocenters. The minimum Gasteiger partial charge on any atom is -0.790 e. The van der Waals surface area contributed by atoms with E-state index < -0.39 is 51.5 Å². The van der Waals surface area contributed by atoms with Gasteiger partial charge in [-0.2, -0.15) is 0 Å². The van der Waals surface area contributed by atoms with Crippen LogP contribution in [0.4, 0.5) is 0 Å². The lowest BCUT2D eigenvalue weighted by atomic mass is 9.53. The molecule has 0 amide bonds. The standard InChI is InChI=1S/4C10H17N.3C4H4O4.2H3O4P/c4*11-10-4-7-1-8(5-10)3-9(2-7)6-10;3*5-3(6)1-2-4(7)8;2*1-5(2,3)4/h4*7-9H,1-6,11H2;3*1-2H,(H,5,6)(H,7,8);2*(H3,1,2,3,4)/b;;;;3*2-1+;;. The molecule has 0 radical (unpaired) electrons. The van der Waals surface area contributed by atoms with Gasteiger partial charge in [-0.3, -0.25) is 0 Å². The number of carboxylic acids is 6.